The van der Waals surface area contributed by atoms with Crippen LogP contribution in [0, 0.1) is 5.82 Å². The molecule has 0 saturated carbocycles. The minimum atomic E-state index is -3.79. The van der Waals surface area contributed by atoms with Gasteiger partial charge in [0.2, 0.25) is 0 Å². The molecule has 0 spiro atoms. The topological polar surface area (TPSA) is 120 Å². The van der Waals surface area contributed by atoms with Crippen LogP contribution in [-0.4, -0.2) is 72.9 Å². The highest BCUT2D eigenvalue weighted by atomic mass is 32.2. The van der Waals surface area contributed by atoms with E-state index in [4.69, 9.17) is 14.2 Å². The van der Waals surface area contributed by atoms with Crippen molar-refractivity contribution in [3.05, 3.63) is 99.2 Å². The van der Waals surface area contributed by atoms with Crippen LogP contribution in [-0.2, 0) is 34.5 Å². The first-order valence-electron chi connectivity index (χ1n) is 14.0. The van der Waals surface area contributed by atoms with E-state index in [9.17, 15) is 22.4 Å². The summed E-state index contributed by atoms with van der Waals surface area (Å²) >= 11 is 0. The number of ether oxygens (including phenoxy) is 3. The Morgan fingerprint density at radius 3 is 2.45 bits per heavy atom. The molecule has 1 aliphatic heterocycles. The van der Waals surface area contributed by atoms with Gasteiger partial charge in [0.25, 0.3) is 15.8 Å². The number of aromatic nitrogens is 2. The van der Waals surface area contributed by atoms with Gasteiger partial charge >= 0.3 is 5.97 Å². The molecule has 0 bridgehead atoms. The summed E-state index contributed by atoms with van der Waals surface area (Å²) in [5.74, 6) is -0.982. The number of esters is 1. The van der Waals surface area contributed by atoms with Crippen LogP contribution in [0.15, 0.2) is 65.6 Å². The second-order valence-corrected chi connectivity index (χ2v) is 12.8. The molecule has 232 valence electrons. The molecule has 0 saturated heterocycles. The lowest BCUT2D eigenvalue weighted by molar-refractivity contribution is 0.0517. The van der Waals surface area contributed by atoms with E-state index in [0.717, 1.165) is 19.7 Å². The Morgan fingerprint density at radius 1 is 1.09 bits per heavy atom. The molecule has 2 aromatic carbocycles. The quantitative estimate of drug-likeness (QED) is 0.233. The van der Waals surface area contributed by atoms with Crippen molar-refractivity contribution >= 4 is 27.2 Å². The van der Waals surface area contributed by atoms with Crippen LogP contribution in [0.2, 0.25) is 0 Å². The minimum Gasteiger partial charge on any atom is -0.485 e. The summed E-state index contributed by atoms with van der Waals surface area (Å²) in [6.45, 7) is 1.56. The molecule has 44 heavy (non-hydrogen) atoms. The van der Waals surface area contributed by atoms with Gasteiger partial charge in [-0.05, 0) is 30.2 Å². The van der Waals surface area contributed by atoms with E-state index in [0.29, 0.717) is 16.8 Å². The Balaban J connectivity index is 1.68. The summed E-state index contributed by atoms with van der Waals surface area (Å²) in [6, 6.07) is 15.2. The Labute approximate surface area is 254 Å². The number of hydrogen-bond acceptors (Lipinski definition) is 8. The largest absolute Gasteiger partial charge is 0.485 e. The van der Waals surface area contributed by atoms with E-state index in [1.54, 1.807) is 25.3 Å². The Morgan fingerprint density at radius 2 is 1.80 bits per heavy atom. The maximum atomic E-state index is 14.1. The maximum absolute atomic E-state index is 14.1. The van der Waals surface area contributed by atoms with Crippen LogP contribution in [0.4, 0.5) is 4.39 Å². The lowest BCUT2D eigenvalue weighted by atomic mass is 10.0. The van der Waals surface area contributed by atoms with Gasteiger partial charge in [0.05, 0.1) is 19.7 Å². The molecule has 2 aromatic heterocycles. The fourth-order valence-electron chi connectivity index (χ4n) is 5.06. The third-order valence-electron chi connectivity index (χ3n) is 7.25. The number of likely N-dealkylation sites (N-methyl/N-ethyl adjacent to an activating group) is 1. The molecular weight excluding hydrogens is 591 g/mol. The highest BCUT2D eigenvalue weighted by molar-refractivity contribution is 7.86. The number of halogens is 1. The van der Waals surface area contributed by atoms with Crippen LogP contribution in [0.1, 0.15) is 34.0 Å². The summed E-state index contributed by atoms with van der Waals surface area (Å²) in [6.07, 6.45) is 1.04. The molecule has 0 unspecified atom stereocenters. The third kappa shape index (κ3) is 6.16. The standard InChI is InChI=1S/C31H33FN4O7S/c1-5-41-31(38)25-29(42-19-21-9-7-6-8-10-21)26-27-28(22(16-33-26)15-20-11-13-23(32)14-12-20)43-24(18-36(27)30(25)37)17-35(4)44(39,40)34(2)3/h6-14,16,24H,5,15,17-19H2,1-4H3/t24-/m1/s1. The van der Waals surface area contributed by atoms with Crippen molar-refractivity contribution in [3.63, 3.8) is 0 Å². The average molecular weight is 625 g/mol. The van der Waals surface area contributed by atoms with Crippen LogP contribution in [0.25, 0.3) is 11.0 Å². The van der Waals surface area contributed by atoms with Crippen LogP contribution < -0.4 is 15.0 Å². The second kappa shape index (κ2) is 12.7. The Hall–Kier alpha value is -4.33. The Bertz CT molecular complexity index is 1850. The summed E-state index contributed by atoms with van der Waals surface area (Å²) < 4.78 is 60.6. The van der Waals surface area contributed by atoms with E-state index in [2.05, 4.69) is 4.98 Å². The number of carbonyl (C=O) groups is 1. The van der Waals surface area contributed by atoms with Crippen molar-refractivity contribution in [1.29, 1.82) is 0 Å². The zero-order chi connectivity index (χ0) is 31.6. The molecular formula is C31H33FN4O7S. The predicted molar refractivity (Wildman–Crippen MR) is 162 cm³/mol. The zero-order valence-corrected chi connectivity index (χ0v) is 25.6. The monoisotopic (exact) mass is 624 g/mol. The first-order valence-corrected chi connectivity index (χ1v) is 15.4. The Kier molecular flexibility index (Phi) is 9.00. The van der Waals surface area contributed by atoms with Crippen molar-refractivity contribution in [2.45, 2.75) is 32.6 Å². The lowest BCUT2D eigenvalue weighted by Crippen LogP contribution is -2.46. The summed E-state index contributed by atoms with van der Waals surface area (Å²) in [5.41, 5.74) is 1.69. The van der Waals surface area contributed by atoms with Crippen molar-refractivity contribution in [2.24, 2.45) is 0 Å². The smallest absolute Gasteiger partial charge is 0.347 e. The summed E-state index contributed by atoms with van der Waals surface area (Å²) in [5, 5.41) is 0. The fraction of sp³-hybridized carbons (Fsp3) is 0.323. The van der Waals surface area contributed by atoms with Gasteiger partial charge in [0.15, 0.2) is 17.1 Å². The molecule has 13 heteroatoms. The zero-order valence-electron chi connectivity index (χ0n) is 24.8. The molecule has 5 rings (SSSR count). The molecule has 1 atom stereocenters. The van der Waals surface area contributed by atoms with Crippen molar-refractivity contribution in [1.82, 2.24) is 18.2 Å². The molecule has 3 heterocycles. The van der Waals surface area contributed by atoms with Crippen LogP contribution >= 0.6 is 0 Å². The number of rotatable bonds is 11. The van der Waals surface area contributed by atoms with Crippen LogP contribution in [0.3, 0.4) is 0 Å². The van der Waals surface area contributed by atoms with E-state index >= 15 is 0 Å². The van der Waals surface area contributed by atoms with Gasteiger partial charge in [0.1, 0.15) is 29.6 Å². The lowest BCUT2D eigenvalue weighted by Gasteiger charge is -2.32. The number of benzene rings is 2. The molecule has 4 aromatic rings. The normalized spacial score (nSPS) is 14.6. The molecule has 0 radical (unpaired) electrons. The van der Waals surface area contributed by atoms with Gasteiger partial charge in [-0.1, -0.05) is 42.5 Å². The number of pyridine rings is 2. The van der Waals surface area contributed by atoms with E-state index in [-0.39, 0.29) is 55.4 Å². The van der Waals surface area contributed by atoms with Gasteiger partial charge in [-0.15, -0.1) is 0 Å². The summed E-state index contributed by atoms with van der Waals surface area (Å²) in [7, 11) is 0.469. The van der Waals surface area contributed by atoms with E-state index in [1.807, 2.05) is 30.3 Å². The predicted octanol–water partition coefficient (Wildman–Crippen LogP) is 3.38. The third-order valence-corrected chi connectivity index (χ3v) is 9.11. The number of nitrogens with zero attached hydrogens (tertiary/aromatic N) is 4. The van der Waals surface area contributed by atoms with E-state index in [1.165, 1.54) is 37.8 Å². The average Bonchev–Trinajstić information content (AvgIpc) is 3.00. The molecule has 11 nitrogen and oxygen atoms in total. The van der Waals surface area contributed by atoms with E-state index < -0.39 is 27.8 Å². The number of carbonyl (C=O) groups excluding carboxylic acids is 1. The SMILES string of the molecule is CCOC(=O)c1c(OCc2ccccc2)c2ncc(Cc3ccc(F)cc3)c3c2n(c1=O)C[C@@H](CN(C)S(=O)(=O)N(C)C)O3. The first-order chi connectivity index (χ1) is 21.0. The second-order valence-electron chi connectivity index (χ2n) is 10.5. The number of hydrogen-bond donors (Lipinski definition) is 0. The highest BCUT2D eigenvalue weighted by Crippen LogP contribution is 2.39. The van der Waals surface area contributed by atoms with Crippen molar-refractivity contribution in [3.8, 4) is 11.5 Å². The highest BCUT2D eigenvalue weighted by Gasteiger charge is 2.35. The molecule has 1 aliphatic rings. The molecule has 0 aliphatic carbocycles. The van der Waals surface area contributed by atoms with Gasteiger partial charge in [-0.25, -0.2) is 9.18 Å². The maximum Gasteiger partial charge on any atom is 0.347 e. The molecule has 0 amide bonds. The van der Waals surface area contributed by atoms with Gasteiger partial charge < -0.3 is 14.2 Å². The molecule has 0 fully saturated rings. The van der Waals surface area contributed by atoms with Crippen molar-refractivity contribution < 1.29 is 31.8 Å². The van der Waals surface area contributed by atoms with Gasteiger partial charge in [-0.2, -0.15) is 17.0 Å². The first kappa shape index (κ1) is 31.1. The summed E-state index contributed by atoms with van der Waals surface area (Å²) in [4.78, 5) is 32.0. The van der Waals surface area contributed by atoms with Gasteiger partial charge in [0, 0.05) is 39.3 Å². The van der Waals surface area contributed by atoms with Crippen molar-refractivity contribution in [2.75, 3.05) is 34.3 Å². The van der Waals surface area contributed by atoms with Crippen LogP contribution in [0.5, 0.6) is 11.5 Å². The minimum absolute atomic E-state index is 0.0304. The molecule has 0 N–H and O–H groups in total. The fourth-order valence-corrected chi connectivity index (χ4v) is 5.97. The van der Waals surface area contributed by atoms with Gasteiger partial charge in [-0.3, -0.25) is 14.3 Å².